The van der Waals surface area contributed by atoms with Crippen molar-refractivity contribution in [3.63, 3.8) is 0 Å². The summed E-state index contributed by atoms with van der Waals surface area (Å²) < 4.78 is 0. The van der Waals surface area contributed by atoms with Crippen molar-refractivity contribution in [2.45, 2.75) is 25.8 Å². The quantitative estimate of drug-likeness (QED) is 0.878. The SMILES string of the molecule is CC(=O)N[C@@H]1CCN(C(=O)c2ccc(-c3ccc4c(c3)CC(=O)N4)cc2)C1. The van der Waals surface area contributed by atoms with Crippen LogP contribution in [0.25, 0.3) is 11.1 Å². The molecule has 2 N–H and O–H groups in total. The van der Waals surface area contributed by atoms with Crippen LogP contribution in [0.4, 0.5) is 5.69 Å². The van der Waals surface area contributed by atoms with Crippen LogP contribution in [0, 0.1) is 0 Å². The summed E-state index contributed by atoms with van der Waals surface area (Å²) in [7, 11) is 0. The Morgan fingerprint density at radius 1 is 1.11 bits per heavy atom. The van der Waals surface area contributed by atoms with Gasteiger partial charge in [0.15, 0.2) is 0 Å². The molecular weight excluding hydrogens is 342 g/mol. The number of likely N-dealkylation sites (tertiary alicyclic amines) is 1. The number of nitrogens with zero attached hydrogens (tertiary/aromatic N) is 1. The molecule has 0 aromatic heterocycles. The van der Waals surface area contributed by atoms with E-state index in [-0.39, 0.29) is 23.8 Å². The van der Waals surface area contributed by atoms with Gasteiger partial charge in [-0.1, -0.05) is 18.2 Å². The highest BCUT2D eigenvalue weighted by molar-refractivity contribution is 6.00. The van der Waals surface area contributed by atoms with Gasteiger partial charge in [-0.25, -0.2) is 0 Å². The Kier molecular flexibility index (Phi) is 4.39. The molecule has 1 atom stereocenters. The lowest BCUT2D eigenvalue weighted by Gasteiger charge is -2.17. The largest absolute Gasteiger partial charge is 0.352 e. The standard InChI is InChI=1S/C21H21N3O3/c1-13(25)22-18-8-9-24(12-18)21(27)15-4-2-14(3-5-15)16-6-7-19-17(10-16)11-20(26)23-19/h2-7,10,18H,8-9,11-12H2,1H3,(H,22,25)(H,23,26)/t18-/m1/s1. The third kappa shape index (κ3) is 3.56. The first kappa shape index (κ1) is 17.3. The summed E-state index contributed by atoms with van der Waals surface area (Å²) in [5.74, 6) is -0.0608. The Morgan fingerprint density at radius 3 is 2.59 bits per heavy atom. The Labute approximate surface area is 157 Å². The minimum Gasteiger partial charge on any atom is -0.352 e. The summed E-state index contributed by atoms with van der Waals surface area (Å²) in [6.07, 6.45) is 1.19. The summed E-state index contributed by atoms with van der Waals surface area (Å²) in [4.78, 5) is 37.1. The van der Waals surface area contributed by atoms with Crippen LogP contribution in [0.1, 0.15) is 29.3 Å². The van der Waals surface area contributed by atoms with Gasteiger partial charge in [-0.15, -0.1) is 0 Å². The molecule has 4 rings (SSSR count). The number of amides is 3. The molecule has 2 aliphatic rings. The van der Waals surface area contributed by atoms with Crippen molar-refractivity contribution in [1.29, 1.82) is 0 Å². The molecule has 1 saturated heterocycles. The number of fused-ring (bicyclic) bond motifs is 1. The first-order valence-corrected chi connectivity index (χ1v) is 9.09. The second-order valence-electron chi connectivity index (χ2n) is 7.11. The van der Waals surface area contributed by atoms with Gasteiger partial charge in [-0.3, -0.25) is 14.4 Å². The maximum absolute atomic E-state index is 12.7. The van der Waals surface area contributed by atoms with Crippen LogP contribution in [-0.2, 0) is 16.0 Å². The predicted molar refractivity (Wildman–Crippen MR) is 102 cm³/mol. The van der Waals surface area contributed by atoms with E-state index in [0.717, 1.165) is 28.8 Å². The summed E-state index contributed by atoms with van der Waals surface area (Å²) in [6, 6.07) is 13.5. The molecule has 138 valence electrons. The zero-order valence-corrected chi connectivity index (χ0v) is 15.1. The van der Waals surface area contributed by atoms with Gasteiger partial charge in [-0.2, -0.15) is 0 Å². The number of carbonyl (C=O) groups excluding carboxylic acids is 3. The van der Waals surface area contributed by atoms with Gasteiger partial charge in [-0.05, 0) is 47.4 Å². The maximum atomic E-state index is 12.7. The minimum absolute atomic E-state index is 0.0156. The number of carbonyl (C=O) groups is 3. The molecule has 2 aromatic rings. The highest BCUT2D eigenvalue weighted by atomic mass is 16.2. The first-order chi connectivity index (χ1) is 13.0. The third-order valence-corrected chi connectivity index (χ3v) is 5.08. The van der Waals surface area contributed by atoms with Crippen molar-refractivity contribution in [3.05, 3.63) is 53.6 Å². The lowest BCUT2D eigenvalue weighted by atomic mass is 10.0. The number of nitrogens with one attached hydrogen (secondary N) is 2. The van der Waals surface area contributed by atoms with Crippen molar-refractivity contribution in [2.24, 2.45) is 0 Å². The number of anilines is 1. The Bertz CT molecular complexity index is 921. The van der Waals surface area contributed by atoms with Gasteiger partial charge >= 0.3 is 0 Å². The fraction of sp³-hybridized carbons (Fsp3) is 0.286. The van der Waals surface area contributed by atoms with Gasteiger partial charge in [0.05, 0.1) is 6.42 Å². The van der Waals surface area contributed by atoms with E-state index >= 15 is 0 Å². The number of hydrogen-bond acceptors (Lipinski definition) is 3. The van der Waals surface area contributed by atoms with Crippen LogP contribution in [0.3, 0.4) is 0 Å². The molecular formula is C21H21N3O3. The van der Waals surface area contributed by atoms with E-state index in [9.17, 15) is 14.4 Å². The van der Waals surface area contributed by atoms with Gasteiger partial charge in [0.1, 0.15) is 0 Å². The summed E-state index contributed by atoms with van der Waals surface area (Å²) in [5.41, 5.74) is 4.54. The van der Waals surface area contributed by atoms with Crippen LogP contribution in [0.5, 0.6) is 0 Å². The fourth-order valence-electron chi connectivity index (χ4n) is 3.75. The zero-order chi connectivity index (χ0) is 19.0. The predicted octanol–water partition coefficient (Wildman–Crippen LogP) is 2.20. The molecule has 0 unspecified atom stereocenters. The molecule has 0 bridgehead atoms. The van der Waals surface area contributed by atoms with Gasteiger partial charge < -0.3 is 15.5 Å². The molecule has 1 fully saturated rings. The molecule has 6 nitrogen and oxygen atoms in total. The maximum Gasteiger partial charge on any atom is 0.253 e. The number of rotatable bonds is 3. The van der Waals surface area contributed by atoms with Crippen molar-refractivity contribution in [3.8, 4) is 11.1 Å². The molecule has 0 saturated carbocycles. The molecule has 2 aliphatic heterocycles. The lowest BCUT2D eigenvalue weighted by Crippen LogP contribution is -2.37. The average molecular weight is 363 g/mol. The van der Waals surface area contributed by atoms with Crippen molar-refractivity contribution in [1.82, 2.24) is 10.2 Å². The van der Waals surface area contributed by atoms with E-state index in [0.29, 0.717) is 25.1 Å². The first-order valence-electron chi connectivity index (χ1n) is 9.09. The highest BCUT2D eigenvalue weighted by Gasteiger charge is 2.27. The van der Waals surface area contributed by atoms with Crippen LogP contribution >= 0.6 is 0 Å². The Morgan fingerprint density at radius 2 is 1.85 bits per heavy atom. The number of benzene rings is 2. The van der Waals surface area contributed by atoms with Gasteiger partial charge in [0.2, 0.25) is 11.8 Å². The Hall–Kier alpha value is -3.15. The molecule has 0 radical (unpaired) electrons. The van der Waals surface area contributed by atoms with Crippen LogP contribution in [0.15, 0.2) is 42.5 Å². The molecule has 0 spiro atoms. The van der Waals surface area contributed by atoms with Gasteiger partial charge in [0, 0.05) is 37.3 Å². The zero-order valence-electron chi connectivity index (χ0n) is 15.1. The fourth-order valence-corrected chi connectivity index (χ4v) is 3.75. The normalized spacial score (nSPS) is 18.2. The second kappa shape index (κ2) is 6.87. The average Bonchev–Trinajstić information content (AvgIpc) is 3.25. The van der Waals surface area contributed by atoms with E-state index in [2.05, 4.69) is 10.6 Å². The minimum atomic E-state index is -0.0649. The van der Waals surface area contributed by atoms with E-state index in [4.69, 9.17) is 0 Å². The van der Waals surface area contributed by atoms with E-state index < -0.39 is 0 Å². The van der Waals surface area contributed by atoms with Crippen LogP contribution in [0.2, 0.25) is 0 Å². The highest BCUT2D eigenvalue weighted by Crippen LogP contribution is 2.29. The van der Waals surface area contributed by atoms with Gasteiger partial charge in [0.25, 0.3) is 5.91 Å². The summed E-state index contributed by atoms with van der Waals surface area (Å²) in [6.45, 7) is 2.69. The lowest BCUT2D eigenvalue weighted by molar-refractivity contribution is -0.119. The van der Waals surface area contributed by atoms with Crippen LogP contribution < -0.4 is 10.6 Å². The molecule has 27 heavy (non-hydrogen) atoms. The van der Waals surface area contributed by atoms with E-state index in [1.54, 1.807) is 4.90 Å². The molecule has 6 heteroatoms. The summed E-state index contributed by atoms with van der Waals surface area (Å²) in [5, 5.41) is 5.70. The van der Waals surface area contributed by atoms with Crippen LogP contribution in [-0.4, -0.2) is 41.8 Å². The topological polar surface area (TPSA) is 78.5 Å². The van der Waals surface area contributed by atoms with Crippen molar-refractivity contribution in [2.75, 3.05) is 18.4 Å². The smallest absolute Gasteiger partial charge is 0.253 e. The molecule has 2 aromatic carbocycles. The van der Waals surface area contributed by atoms with E-state index in [1.165, 1.54) is 6.92 Å². The molecule has 3 amide bonds. The Balaban J connectivity index is 1.47. The molecule has 2 heterocycles. The van der Waals surface area contributed by atoms with Crippen molar-refractivity contribution < 1.29 is 14.4 Å². The monoisotopic (exact) mass is 363 g/mol. The molecule has 0 aliphatic carbocycles. The van der Waals surface area contributed by atoms with Crippen molar-refractivity contribution >= 4 is 23.4 Å². The third-order valence-electron chi connectivity index (χ3n) is 5.08. The number of hydrogen-bond donors (Lipinski definition) is 2. The second-order valence-corrected chi connectivity index (χ2v) is 7.11. The van der Waals surface area contributed by atoms with E-state index in [1.807, 2.05) is 42.5 Å². The summed E-state index contributed by atoms with van der Waals surface area (Å²) >= 11 is 0.